The van der Waals surface area contributed by atoms with E-state index in [4.69, 9.17) is 27.3 Å². The fraction of sp³-hybridized carbons (Fsp3) is 0.448. The predicted octanol–water partition coefficient (Wildman–Crippen LogP) is 5.35. The second kappa shape index (κ2) is 9.49. The summed E-state index contributed by atoms with van der Waals surface area (Å²) in [5.74, 6) is 0.442. The summed E-state index contributed by atoms with van der Waals surface area (Å²) < 4.78 is 0. The second-order valence-electron chi connectivity index (χ2n) is 11.7. The van der Waals surface area contributed by atoms with Crippen LogP contribution in [0.1, 0.15) is 49.3 Å². The van der Waals surface area contributed by atoms with Crippen LogP contribution in [0.5, 0.6) is 0 Å². The molecule has 7 rings (SSSR count). The number of fused-ring (bicyclic) bond motifs is 2. The van der Waals surface area contributed by atoms with Gasteiger partial charge in [0.25, 0.3) is 0 Å². The van der Waals surface area contributed by atoms with Gasteiger partial charge in [-0.1, -0.05) is 25.4 Å². The summed E-state index contributed by atoms with van der Waals surface area (Å²) in [6.07, 6.45) is 4.24. The SMILES string of the molecule is CCc1[nH]c2nc(Sc3ccc4c(N5CC(C6(C)CC6)C5)cc(C(=O)O)nc4c3)nc(N3CC[C@@H](N)C3)c2c1Cl. The van der Waals surface area contributed by atoms with E-state index in [9.17, 15) is 9.90 Å². The molecule has 40 heavy (non-hydrogen) atoms. The number of aryl methyl sites for hydroxylation is 1. The summed E-state index contributed by atoms with van der Waals surface area (Å²) >= 11 is 8.18. The van der Waals surface area contributed by atoms with Gasteiger partial charge in [0.15, 0.2) is 10.9 Å². The molecular weight excluding hydrogens is 546 g/mol. The Balaban J connectivity index is 1.25. The lowest BCUT2D eigenvalue weighted by Crippen LogP contribution is -2.50. The van der Waals surface area contributed by atoms with Crippen molar-refractivity contribution in [1.29, 1.82) is 0 Å². The van der Waals surface area contributed by atoms with Crippen molar-refractivity contribution in [2.45, 2.75) is 55.6 Å². The van der Waals surface area contributed by atoms with Crippen molar-refractivity contribution < 1.29 is 9.90 Å². The van der Waals surface area contributed by atoms with Crippen LogP contribution >= 0.6 is 23.4 Å². The normalized spacial score (nSPS) is 20.4. The quantitative estimate of drug-likeness (QED) is 0.249. The molecule has 0 bridgehead atoms. The van der Waals surface area contributed by atoms with Crippen LogP contribution in [0.25, 0.3) is 21.9 Å². The lowest BCUT2D eigenvalue weighted by Gasteiger charge is -2.45. The Morgan fingerprint density at radius 1 is 1.20 bits per heavy atom. The van der Waals surface area contributed by atoms with Crippen LogP contribution in [-0.4, -0.2) is 63.2 Å². The average molecular weight is 578 g/mol. The van der Waals surface area contributed by atoms with Crippen molar-refractivity contribution >= 4 is 62.8 Å². The van der Waals surface area contributed by atoms with Crippen molar-refractivity contribution in [3.8, 4) is 0 Å². The summed E-state index contributed by atoms with van der Waals surface area (Å²) in [6, 6.07) is 7.83. The summed E-state index contributed by atoms with van der Waals surface area (Å²) in [5.41, 5.74) is 9.98. The number of rotatable bonds is 7. The molecule has 0 radical (unpaired) electrons. The van der Waals surface area contributed by atoms with Crippen LogP contribution in [0.4, 0.5) is 11.5 Å². The minimum absolute atomic E-state index is 0.0594. The Kier molecular flexibility index (Phi) is 6.14. The fourth-order valence-corrected chi connectivity index (χ4v) is 7.16. The Bertz CT molecular complexity index is 1660. The molecule has 0 spiro atoms. The molecule has 1 saturated carbocycles. The molecule has 3 aromatic heterocycles. The highest BCUT2D eigenvalue weighted by Crippen LogP contribution is 2.55. The van der Waals surface area contributed by atoms with Crippen molar-refractivity contribution in [3.05, 3.63) is 40.7 Å². The molecule has 11 heteroatoms. The van der Waals surface area contributed by atoms with Crippen LogP contribution in [0, 0.1) is 11.3 Å². The maximum atomic E-state index is 12.0. The number of halogens is 1. The monoisotopic (exact) mass is 577 g/mol. The number of carbonyl (C=O) groups is 1. The Morgan fingerprint density at radius 3 is 2.67 bits per heavy atom. The zero-order valence-corrected chi connectivity index (χ0v) is 24.1. The molecular formula is C29H32ClN7O2S. The van der Waals surface area contributed by atoms with Crippen molar-refractivity contribution in [2.75, 3.05) is 36.0 Å². The van der Waals surface area contributed by atoms with Crippen molar-refractivity contribution in [1.82, 2.24) is 19.9 Å². The van der Waals surface area contributed by atoms with Gasteiger partial charge in [0.05, 0.1) is 15.9 Å². The van der Waals surface area contributed by atoms with Gasteiger partial charge in [-0.3, -0.25) is 0 Å². The van der Waals surface area contributed by atoms with Crippen LogP contribution in [0.3, 0.4) is 0 Å². The lowest BCUT2D eigenvalue weighted by atomic mass is 9.83. The standard InChI is InChI=1S/C29H32ClN7O2S/c1-3-19-24(30)23-25(33-19)34-28(35-26(23)36-9-6-16(31)14-36)40-17-4-5-18-20(10-17)32-21(27(38)39)11-22(18)37-12-15(13-37)29(2)7-8-29/h4-5,10-11,15-16H,3,6-9,12-14,31H2,1-2H3,(H,38,39)(H,33,34,35)/t16-/m1/s1. The minimum atomic E-state index is -1.02. The van der Waals surface area contributed by atoms with Gasteiger partial charge in [-0.25, -0.2) is 19.7 Å². The van der Waals surface area contributed by atoms with E-state index in [2.05, 4.69) is 33.6 Å². The number of aromatic nitrogens is 4. The molecule has 1 aromatic carbocycles. The van der Waals surface area contributed by atoms with Gasteiger partial charge in [0.2, 0.25) is 0 Å². The molecule has 208 valence electrons. The molecule has 3 fully saturated rings. The van der Waals surface area contributed by atoms with E-state index < -0.39 is 5.97 Å². The van der Waals surface area contributed by atoms with Gasteiger partial charge in [-0.2, -0.15) is 0 Å². The smallest absolute Gasteiger partial charge is 0.354 e. The zero-order chi connectivity index (χ0) is 27.8. The highest BCUT2D eigenvalue weighted by Gasteiger charge is 2.49. The Hall–Kier alpha value is -3.08. The first-order chi connectivity index (χ1) is 19.2. The van der Waals surface area contributed by atoms with Gasteiger partial charge in [-0.15, -0.1) is 0 Å². The Labute approximate surface area is 241 Å². The third-order valence-corrected chi connectivity index (χ3v) is 10.2. The van der Waals surface area contributed by atoms with Crippen LogP contribution in [0.15, 0.2) is 34.3 Å². The third kappa shape index (κ3) is 4.37. The lowest BCUT2D eigenvalue weighted by molar-refractivity contribution is 0.0691. The first-order valence-electron chi connectivity index (χ1n) is 13.9. The summed E-state index contributed by atoms with van der Waals surface area (Å²) in [5, 5.41) is 12.8. The highest BCUT2D eigenvalue weighted by atomic mass is 35.5. The first kappa shape index (κ1) is 25.9. The molecule has 0 unspecified atom stereocenters. The Morgan fingerprint density at radius 2 is 2.00 bits per heavy atom. The molecule has 0 amide bonds. The number of pyridine rings is 1. The average Bonchev–Trinajstić information content (AvgIpc) is 3.33. The fourth-order valence-electron chi connectivity index (χ4n) is 6.02. The number of aromatic amines is 1. The number of benzene rings is 1. The number of hydrogen-bond donors (Lipinski definition) is 3. The number of nitrogens with zero attached hydrogens (tertiary/aromatic N) is 5. The molecule has 4 N–H and O–H groups in total. The largest absolute Gasteiger partial charge is 0.477 e. The summed E-state index contributed by atoms with van der Waals surface area (Å²) in [4.78, 5) is 35.0. The van der Waals surface area contributed by atoms with Crippen LogP contribution < -0.4 is 15.5 Å². The molecule has 2 aliphatic heterocycles. The van der Waals surface area contributed by atoms with Crippen molar-refractivity contribution in [2.24, 2.45) is 17.1 Å². The predicted molar refractivity (Wildman–Crippen MR) is 159 cm³/mol. The number of anilines is 2. The van der Waals surface area contributed by atoms with E-state index in [1.165, 1.54) is 24.6 Å². The van der Waals surface area contributed by atoms with Crippen LogP contribution in [-0.2, 0) is 6.42 Å². The van der Waals surface area contributed by atoms with E-state index in [-0.39, 0.29) is 11.7 Å². The molecule has 5 heterocycles. The topological polar surface area (TPSA) is 124 Å². The number of carboxylic acid groups (broad SMARTS) is 1. The number of H-pyrrole nitrogens is 1. The zero-order valence-electron chi connectivity index (χ0n) is 22.6. The van der Waals surface area contributed by atoms with Gasteiger partial charge >= 0.3 is 5.97 Å². The molecule has 3 aliphatic rings. The number of nitrogens with one attached hydrogen (secondary N) is 1. The molecule has 1 aliphatic carbocycles. The maximum Gasteiger partial charge on any atom is 0.354 e. The second-order valence-corrected chi connectivity index (χ2v) is 13.1. The molecule has 2 saturated heterocycles. The third-order valence-electron chi connectivity index (χ3n) is 8.94. The van der Waals surface area contributed by atoms with E-state index >= 15 is 0 Å². The van der Waals surface area contributed by atoms with E-state index in [1.54, 1.807) is 6.07 Å². The van der Waals surface area contributed by atoms with Gasteiger partial charge < -0.3 is 25.6 Å². The molecule has 9 nitrogen and oxygen atoms in total. The van der Waals surface area contributed by atoms with Gasteiger partial charge in [-0.05, 0) is 73.0 Å². The number of nitrogens with two attached hydrogens (primary N) is 1. The van der Waals surface area contributed by atoms with E-state index in [0.717, 1.165) is 71.9 Å². The summed E-state index contributed by atoms with van der Waals surface area (Å²) in [7, 11) is 0. The summed E-state index contributed by atoms with van der Waals surface area (Å²) in [6.45, 7) is 7.87. The first-order valence-corrected chi connectivity index (χ1v) is 15.1. The number of aromatic carboxylic acids is 1. The number of carboxylic acids is 1. The van der Waals surface area contributed by atoms with E-state index in [1.807, 2.05) is 18.2 Å². The van der Waals surface area contributed by atoms with Crippen molar-refractivity contribution in [3.63, 3.8) is 0 Å². The van der Waals surface area contributed by atoms with E-state index in [0.29, 0.717) is 32.7 Å². The molecule has 1 atom stereocenters. The van der Waals surface area contributed by atoms with Gasteiger partial charge in [0.1, 0.15) is 11.5 Å². The molecule has 4 aromatic rings. The minimum Gasteiger partial charge on any atom is -0.477 e. The maximum absolute atomic E-state index is 12.0. The highest BCUT2D eigenvalue weighted by molar-refractivity contribution is 7.99. The van der Waals surface area contributed by atoms with Crippen LogP contribution in [0.2, 0.25) is 5.02 Å². The van der Waals surface area contributed by atoms with Gasteiger partial charge in [0, 0.05) is 53.9 Å². The number of hydrogen-bond acceptors (Lipinski definition) is 8.